The summed E-state index contributed by atoms with van der Waals surface area (Å²) in [4.78, 5) is 25.3. The van der Waals surface area contributed by atoms with Crippen LogP contribution in [0, 0.1) is 0 Å². The fourth-order valence-electron chi connectivity index (χ4n) is 2.90. The first-order valence-electron chi connectivity index (χ1n) is 7.63. The summed E-state index contributed by atoms with van der Waals surface area (Å²) in [7, 11) is 0. The lowest BCUT2D eigenvalue weighted by molar-refractivity contribution is 0.0971. The number of rotatable bonds is 6. The molecule has 0 unspecified atom stereocenters. The number of unbranched alkanes of at least 4 members (excludes halogenated alkanes) is 2. The molecule has 2 nitrogen and oxygen atoms in total. The van der Waals surface area contributed by atoms with E-state index in [1.165, 1.54) is 0 Å². The van der Waals surface area contributed by atoms with Gasteiger partial charge < -0.3 is 0 Å². The summed E-state index contributed by atoms with van der Waals surface area (Å²) >= 11 is 0. The van der Waals surface area contributed by atoms with Crippen molar-refractivity contribution in [1.82, 2.24) is 0 Å². The number of fused-ring (bicyclic) bond motifs is 1. The Morgan fingerprint density at radius 1 is 1.14 bits per heavy atom. The normalized spacial score (nSPS) is 14.4. The molecule has 1 aliphatic carbocycles. The van der Waals surface area contributed by atoms with Crippen LogP contribution in [0.15, 0.2) is 42.0 Å². The Morgan fingerprint density at radius 3 is 2.57 bits per heavy atom. The number of carbonyl (C=O) groups is 2. The molecule has 0 aromatic heterocycles. The van der Waals surface area contributed by atoms with Gasteiger partial charge in [-0.3, -0.25) is 9.59 Å². The number of carbonyl (C=O) groups excluding carboxylic acids is 2. The van der Waals surface area contributed by atoms with Crippen molar-refractivity contribution >= 4 is 11.6 Å². The molecule has 1 aromatic carbocycles. The van der Waals surface area contributed by atoms with E-state index in [-0.39, 0.29) is 11.6 Å². The Labute approximate surface area is 126 Å². The van der Waals surface area contributed by atoms with Gasteiger partial charge in [-0.1, -0.05) is 44.0 Å². The van der Waals surface area contributed by atoms with E-state index < -0.39 is 0 Å². The van der Waals surface area contributed by atoms with Crippen LogP contribution in [-0.2, 0) is 6.42 Å². The molecule has 0 saturated carbocycles. The fraction of sp³-hybridized carbons (Fsp3) is 0.368. The minimum atomic E-state index is 0.00186. The zero-order valence-electron chi connectivity index (χ0n) is 12.9. The zero-order valence-corrected chi connectivity index (χ0v) is 12.9. The Bertz CT molecular complexity index is 620. The van der Waals surface area contributed by atoms with Crippen molar-refractivity contribution in [3.8, 4) is 0 Å². The molecule has 0 radical (unpaired) electrons. The second-order valence-corrected chi connectivity index (χ2v) is 5.55. The average Bonchev–Trinajstić information content (AvgIpc) is 2.48. The molecule has 2 rings (SSSR count). The lowest BCUT2D eigenvalue weighted by atomic mass is 9.80. The Morgan fingerprint density at radius 2 is 1.90 bits per heavy atom. The highest BCUT2D eigenvalue weighted by Gasteiger charge is 2.30. The highest BCUT2D eigenvalue weighted by molar-refractivity contribution is 6.27. The van der Waals surface area contributed by atoms with E-state index in [4.69, 9.17) is 0 Å². The van der Waals surface area contributed by atoms with Crippen molar-refractivity contribution in [3.63, 3.8) is 0 Å². The summed E-state index contributed by atoms with van der Waals surface area (Å²) in [5, 5.41) is 0. The van der Waals surface area contributed by atoms with Crippen LogP contribution in [0.1, 0.15) is 65.8 Å². The summed E-state index contributed by atoms with van der Waals surface area (Å²) in [5.41, 5.74) is 3.38. The Kier molecular flexibility index (Phi) is 4.89. The van der Waals surface area contributed by atoms with Crippen LogP contribution >= 0.6 is 0 Å². The summed E-state index contributed by atoms with van der Waals surface area (Å²) in [6.07, 6.45) is 6.23. The van der Waals surface area contributed by atoms with Gasteiger partial charge in [-0.2, -0.15) is 0 Å². The fourth-order valence-corrected chi connectivity index (χ4v) is 2.90. The predicted molar refractivity (Wildman–Crippen MR) is 85.8 cm³/mol. The second kappa shape index (κ2) is 6.66. The summed E-state index contributed by atoms with van der Waals surface area (Å²) in [6.45, 7) is 7.65. The molecule has 0 bridgehead atoms. The van der Waals surface area contributed by atoms with Crippen LogP contribution in [0.3, 0.4) is 0 Å². The number of benzene rings is 1. The lowest BCUT2D eigenvalue weighted by Crippen LogP contribution is -2.22. The van der Waals surface area contributed by atoms with Crippen molar-refractivity contribution in [2.24, 2.45) is 0 Å². The molecule has 0 heterocycles. The highest BCUT2D eigenvalue weighted by atomic mass is 16.1. The average molecular weight is 282 g/mol. The zero-order chi connectivity index (χ0) is 15.4. The molecule has 0 fully saturated rings. The smallest absolute Gasteiger partial charge is 0.190 e. The topological polar surface area (TPSA) is 34.1 Å². The second-order valence-electron chi connectivity index (χ2n) is 5.55. The van der Waals surface area contributed by atoms with Gasteiger partial charge >= 0.3 is 0 Å². The van der Waals surface area contributed by atoms with Gasteiger partial charge in [-0.15, -0.1) is 6.58 Å². The van der Waals surface area contributed by atoms with E-state index in [1.807, 2.05) is 12.1 Å². The van der Waals surface area contributed by atoms with Gasteiger partial charge in [0, 0.05) is 22.3 Å². The largest absolute Gasteiger partial charge is 0.289 e. The van der Waals surface area contributed by atoms with Crippen molar-refractivity contribution < 1.29 is 9.59 Å². The van der Waals surface area contributed by atoms with E-state index in [2.05, 4.69) is 13.5 Å². The van der Waals surface area contributed by atoms with E-state index in [0.29, 0.717) is 35.1 Å². The van der Waals surface area contributed by atoms with Gasteiger partial charge in [0.15, 0.2) is 11.6 Å². The van der Waals surface area contributed by atoms with Crippen LogP contribution < -0.4 is 0 Å². The summed E-state index contributed by atoms with van der Waals surface area (Å²) < 4.78 is 0. The summed E-state index contributed by atoms with van der Waals surface area (Å²) in [5.74, 6) is 0.0395. The van der Waals surface area contributed by atoms with E-state index in [0.717, 1.165) is 24.8 Å². The Balaban J connectivity index is 2.45. The maximum Gasteiger partial charge on any atom is 0.190 e. The Hall–Kier alpha value is -1.96. The molecular weight excluding hydrogens is 260 g/mol. The SMILES string of the molecule is C=CCc1cccc2c1C(=O)C(CCCCC)=C(C)C2=O. The third-order valence-corrected chi connectivity index (χ3v) is 4.08. The van der Waals surface area contributed by atoms with Crippen molar-refractivity contribution in [1.29, 1.82) is 0 Å². The molecule has 1 aliphatic rings. The van der Waals surface area contributed by atoms with Gasteiger partial charge in [0.1, 0.15) is 0 Å². The minimum Gasteiger partial charge on any atom is -0.289 e. The molecule has 0 N–H and O–H groups in total. The van der Waals surface area contributed by atoms with Crippen molar-refractivity contribution in [2.75, 3.05) is 0 Å². The van der Waals surface area contributed by atoms with E-state index >= 15 is 0 Å². The molecule has 1 aromatic rings. The third-order valence-electron chi connectivity index (χ3n) is 4.08. The van der Waals surface area contributed by atoms with E-state index in [1.54, 1.807) is 19.1 Å². The lowest BCUT2D eigenvalue weighted by Gasteiger charge is -2.21. The van der Waals surface area contributed by atoms with Gasteiger partial charge in [0.25, 0.3) is 0 Å². The number of allylic oxidation sites excluding steroid dienone is 3. The first-order chi connectivity index (χ1) is 10.1. The summed E-state index contributed by atoms with van der Waals surface area (Å²) in [6, 6.07) is 5.52. The predicted octanol–water partition coefficient (Wildman–Crippen LogP) is 4.69. The highest BCUT2D eigenvalue weighted by Crippen LogP contribution is 2.31. The van der Waals surface area contributed by atoms with Crippen LogP contribution in [0.4, 0.5) is 0 Å². The van der Waals surface area contributed by atoms with Crippen LogP contribution in [0.2, 0.25) is 0 Å². The maximum absolute atomic E-state index is 12.8. The van der Waals surface area contributed by atoms with E-state index in [9.17, 15) is 9.59 Å². The van der Waals surface area contributed by atoms with Gasteiger partial charge in [-0.05, 0) is 31.7 Å². The van der Waals surface area contributed by atoms with Gasteiger partial charge in [-0.25, -0.2) is 0 Å². The number of hydrogen-bond acceptors (Lipinski definition) is 2. The minimum absolute atomic E-state index is 0.00186. The van der Waals surface area contributed by atoms with Crippen LogP contribution in [-0.4, -0.2) is 11.6 Å². The molecule has 0 amide bonds. The standard InChI is InChI=1S/C19H22O2/c1-4-6-7-11-15-13(3)18(20)16-12-8-10-14(9-5-2)17(16)19(15)21/h5,8,10,12H,2,4,6-7,9,11H2,1,3H3. The quantitative estimate of drug-likeness (QED) is 0.560. The molecule has 110 valence electrons. The van der Waals surface area contributed by atoms with Crippen molar-refractivity contribution in [3.05, 3.63) is 58.7 Å². The molecule has 2 heteroatoms. The maximum atomic E-state index is 12.8. The molecule has 0 atom stereocenters. The molecule has 0 saturated heterocycles. The molecule has 0 spiro atoms. The third kappa shape index (κ3) is 2.90. The number of hydrogen-bond donors (Lipinski definition) is 0. The first kappa shape index (κ1) is 15.4. The molecular formula is C19H22O2. The monoisotopic (exact) mass is 282 g/mol. The number of ketones is 2. The van der Waals surface area contributed by atoms with Crippen molar-refractivity contribution in [2.45, 2.75) is 46.0 Å². The number of Topliss-reactive ketones (excluding diaryl/α,β-unsaturated/α-hetero) is 2. The molecule has 0 aliphatic heterocycles. The first-order valence-corrected chi connectivity index (χ1v) is 7.63. The van der Waals surface area contributed by atoms with Crippen LogP contribution in [0.25, 0.3) is 0 Å². The van der Waals surface area contributed by atoms with Crippen LogP contribution in [0.5, 0.6) is 0 Å². The van der Waals surface area contributed by atoms with Gasteiger partial charge in [0.2, 0.25) is 0 Å². The van der Waals surface area contributed by atoms with Gasteiger partial charge in [0.05, 0.1) is 0 Å². The molecule has 21 heavy (non-hydrogen) atoms.